The minimum atomic E-state index is 0.302. The van der Waals surface area contributed by atoms with Crippen molar-refractivity contribution in [1.82, 2.24) is 5.32 Å². The molecule has 2 aromatic carbocycles. The van der Waals surface area contributed by atoms with E-state index >= 15 is 0 Å². The Balaban J connectivity index is 1.32. The molecule has 3 nitrogen and oxygen atoms in total. The summed E-state index contributed by atoms with van der Waals surface area (Å²) < 4.78 is 11.0. The summed E-state index contributed by atoms with van der Waals surface area (Å²) in [5, 5.41) is 3.80. The van der Waals surface area contributed by atoms with Crippen LogP contribution in [0.25, 0.3) is 0 Å². The predicted octanol–water partition coefficient (Wildman–Crippen LogP) is 6.34. The second-order valence-electron chi connectivity index (χ2n) is 10.9. The van der Waals surface area contributed by atoms with Gasteiger partial charge in [-0.3, -0.25) is 0 Å². The van der Waals surface area contributed by atoms with Gasteiger partial charge in [-0.1, -0.05) is 58.4 Å². The maximum Gasteiger partial charge on any atom is 0.231 e. The van der Waals surface area contributed by atoms with Gasteiger partial charge in [0.15, 0.2) is 11.5 Å². The van der Waals surface area contributed by atoms with E-state index in [9.17, 15) is 0 Å². The summed E-state index contributed by atoms with van der Waals surface area (Å²) in [5.41, 5.74) is 6.64. The highest BCUT2D eigenvalue weighted by Gasteiger charge is 2.51. The van der Waals surface area contributed by atoms with Gasteiger partial charge in [0, 0.05) is 13.1 Å². The van der Waals surface area contributed by atoms with Crippen LogP contribution in [0.2, 0.25) is 0 Å². The van der Waals surface area contributed by atoms with Gasteiger partial charge in [0.25, 0.3) is 0 Å². The zero-order valence-corrected chi connectivity index (χ0v) is 19.6. The number of rotatable bonds is 5. The van der Waals surface area contributed by atoms with Crippen LogP contribution in [0.4, 0.5) is 0 Å². The number of hydrogen-bond acceptors (Lipinski definition) is 3. The first-order valence-electron chi connectivity index (χ1n) is 12.1. The fourth-order valence-electron chi connectivity index (χ4n) is 6.76. The molecule has 0 saturated heterocycles. The lowest BCUT2D eigenvalue weighted by Crippen LogP contribution is -2.52. The number of hydrogen-bond donors (Lipinski definition) is 1. The molecular formula is C28H37NO2. The largest absolute Gasteiger partial charge is 0.454 e. The third kappa shape index (κ3) is 3.65. The van der Waals surface area contributed by atoms with Crippen molar-refractivity contribution in [3.63, 3.8) is 0 Å². The van der Waals surface area contributed by atoms with Crippen molar-refractivity contribution in [2.24, 2.45) is 11.3 Å². The molecule has 1 fully saturated rings. The van der Waals surface area contributed by atoms with Crippen molar-refractivity contribution in [1.29, 1.82) is 0 Å². The molecule has 0 spiro atoms. The first kappa shape index (κ1) is 20.9. The molecule has 1 heterocycles. The monoisotopic (exact) mass is 419 g/mol. The zero-order chi connectivity index (χ0) is 21.6. The molecule has 2 aliphatic carbocycles. The molecule has 2 aromatic rings. The average Bonchev–Trinajstić information content (AvgIpc) is 3.21. The first-order valence-corrected chi connectivity index (χ1v) is 12.1. The molecule has 5 rings (SSSR count). The maximum atomic E-state index is 5.55. The SMILES string of the molecule is CC(C)c1ccc2c(c1)CC[C@@H]1[C@](C)(CNCc3ccc4c(c3)OCO4)CCC[C@@]21C. The number of nitrogens with one attached hydrogen (secondary N) is 1. The molecule has 1 saturated carbocycles. The molecular weight excluding hydrogens is 382 g/mol. The minimum Gasteiger partial charge on any atom is -0.454 e. The van der Waals surface area contributed by atoms with Gasteiger partial charge in [-0.2, -0.15) is 0 Å². The van der Waals surface area contributed by atoms with Gasteiger partial charge in [-0.15, -0.1) is 0 Å². The fraction of sp³-hybridized carbons (Fsp3) is 0.571. The van der Waals surface area contributed by atoms with Crippen molar-refractivity contribution in [2.75, 3.05) is 13.3 Å². The van der Waals surface area contributed by atoms with Crippen LogP contribution in [0, 0.1) is 11.3 Å². The minimum absolute atomic E-state index is 0.302. The standard InChI is InChI=1S/C28H37NO2/c1-19(2)21-7-9-23-22(15-21)8-11-26-27(3,12-5-13-28(23,26)4)17-29-16-20-6-10-24-25(14-20)31-18-30-24/h6-7,9-10,14-15,19,26,29H,5,8,11-13,16-18H2,1-4H3/t26-,27+,28+/m1/s1. The van der Waals surface area contributed by atoms with Crippen LogP contribution >= 0.6 is 0 Å². The molecule has 31 heavy (non-hydrogen) atoms. The molecule has 1 N–H and O–H groups in total. The molecule has 3 heteroatoms. The molecule has 3 aliphatic rings. The number of aryl methyl sites for hydroxylation is 1. The van der Waals surface area contributed by atoms with E-state index in [2.05, 4.69) is 63.3 Å². The molecule has 0 radical (unpaired) electrons. The van der Waals surface area contributed by atoms with E-state index in [0.717, 1.165) is 30.5 Å². The molecule has 0 amide bonds. The van der Waals surface area contributed by atoms with Gasteiger partial charge in [0.05, 0.1) is 0 Å². The summed E-state index contributed by atoms with van der Waals surface area (Å²) in [6.07, 6.45) is 6.51. The summed E-state index contributed by atoms with van der Waals surface area (Å²) in [4.78, 5) is 0. The topological polar surface area (TPSA) is 30.5 Å². The van der Waals surface area contributed by atoms with Crippen LogP contribution in [0.15, 0.2) is 36.4 Å². The van der Waals surface area contributed by atoms with Crippen molar-refractivity contribution >= 4 is 0 Å². The van der Waals surface area contributed by atoms with E-state index in [4.69, 9.17) is 9.47 Å². The average molecular weight is 420 g/mol. The highest BCUT2D eigenvalue weighted by atomic mass is 16.7. The zero-order valence-electron chi connectivity index (χ0n) is 19.6. The third-order valence-corrected chi connectivity index (χ3v) is 8.46. The number of benzene rings is 2. The highest BCUT2D eigenvalue weighted by molar-refractivity contribution is 5.44. The van der Waals surface area contributed by atoms with Crippen molar-refractivity contribution in [3.05, 3.63) is 58.7 Å². The quantitative estimate of drug-likeness (QED) is 0.613. The van der Waals surface area contributed by atoms with Gasteiger partial charge in [0.2, 0.25) is 6.79 Å². The lowest BCUT2D eigenvalue weighted by molar-refractivity contribution is 0.0257. The lowest BCUT2D eigenvalue weighted by Gasteiger charge is -2.55. The normalized spacial score (nSPS) is 29.0. The number of fused-ring (bicyclic) bond motifs is 4. The van der Waals surface area contributed by atoms with Crippen LogP contribution in [-0.4, -0.2) is 13.3 Å². The van der Waals surface area contributed by atoms with E-state index in [-0.39, 0.29) is 0 Å². The Morgan fingerprint density at radius 2 is 1.87 bits per heavy atom. The summed E-state index contributed by atoms with van der Waals surface area (Å²) in [7, 11) is 0. The fourth-order valence-corrected chi connectivity index (χ4v) is 6.76. The lowest BCUT2D eigenvalue weighted by atomic mass is 9.49. The Kier molecular flexibility index (Phi) is 5.29. The van der Waals surface area contributed by atoms with Gasteiger partial charge in [-0.05, 0) is 82.7 Å². The molecule has 0 aromatic heterocycles. The summed E-state index contributed by atoms with van der Waals surface area (Å²) in [6, 6.07) is 13.7. The molecule has 3 atom stereocenters. The summed E-state index contributed by atoms with van der Waals surface area (Å²) in [5.74, 6) is 3.07. The molecule has 1 aliphatic heterocycles. The van der Waals surface area contributed by atoms with Crippen LogP contribution in [0.1, 0.15) is 81.5 Å². The number of ether oxygens (including phenoxy) is 2. The summed E-state index contributed by atoms with van der Waals surface area (Å²) >= 11 is 0. The molecule has 0 unspecified atom stereocenters. The summed E-state index contributed by atoms with van der Waals surface area (Å²) in [6.45, 7) is 12.0. The Morgan fingerprint density at radius 3 is 2.71 bits per heavy atom. The van der Waals surface area contributed by atoms with Crippen LogP contribution in [-0.2, 0) is 18.4 Å². The van der Waals surface area contributed by atoms with E-state index in [1.807, 2.05) is 6.07 Å². The van der Waals surface area contributed by atoms with Crippen molar-refractivity contribution in [3.8, 4) is 11.5 Å². The van der Waals surface area contributed by atoms with Gasteiger partial charge in [0.1, 0.15) is 0 Å². The first-order chi connectivity index (χ1) is 14.9. The Labute approximate surface area is 187 Å². The highest BCUT2D eigenvalue weighted by Crippen LogP contribution is 2.57. The van der Waals surface area contributed by atoms with Gasteiger partial charge < -0.3 is 14.8 Å². The molecule has 0 bridgehead atoms. The van der Waals surface area contributed by atoms with Crippen LogP contribution in [0.3, 0.4) is 0 Å². The van der Waals surface area contributed by atoms with Crippen molar-refractivity contribution < 1.29 is 9.47 Å². The van der Waals surface area contributed by atoms with Gasteiger partial charge in [-0.25, -0.2) is 0 Å². The molecule has 166 valence electrons. The van der Waals surface area contributed by atoms with E-state index in [1.165, 1.54) is 43.2 Å². The maximum absolute atomic E-state index is 5.55. The smallest absolute Gasteiger partial charge is 0.231 e. The van der Waals surface area contributed by atoms with E-state index in [1.54, 1.807) is 11.1 Å². The second-order valence-corrected chi connectivity index (χ2v) is 10.9. The second kappa shape index (κ2) is 7.85. The Hall–Kier alpha value is -2.00. The van der Waals surface area contributed by atoms with E-state index < -0.39 is 0 Å². The van der Waals surface area contributed by atoms with Crippen LogP contribution < -0.4 is 14.8 Å². The Bertz CT molecular complexity index is 967. The third-order valence-electron chi connectivity index (χ3n) is 8.46. The predicted molar refractivity (Wildman–Crippen MR) is 126 cm³/mol. The van der Waals surface area contributed by atoms with Crippen molar-refractivity contribution in [2.45, 2.75) is 77.7 Å². The van der Waals surface area contributed by atoms with Crippen LogP contribution in [0.5, 0.6) is 11.5 Å². The van der Waals surface area contributed by atoms with E-state index in [0.29, 0.717) is 23.5 Å². The van der Waals surface area contributed by atoms with Gasteiger partial charge >= 0.3 is 0 Å². The Morgan fingerprint density at radius 1 is 1.03 bits per heavy atom.